The van der Waals surface area contributed by atoms with Gasteiger partial charge in [-0.15, -0.1) is 0 Å². The van der Waals surface area contributed by atoms with Crippen molar-refractivity contribution in [2.75, 3.05) is 38.3 Å². The molecule has 0 bridgehead atoms. The lowest BCUT2D eigenvalue weighted by Crippen LogP contribution is -2.40. The molecule has 0 radical (unpaired) electrons. The van der Waals surface area contributed by atoms with E-state index < -0.39 is 0 Å². The molecular weight excluding hydrogens is 254 g/mol. The van der Waals surface area contributed by atoms with E-state index in [1.165, 1.54) is 5.57 Å². The second kappa shape index (κ2) is 5.75. The van der Waals surface area contributed by atoms with Crippen LogP contribution in [-0.4, -0.2) is 39.5 Å². The SMILES string of the molecule is COc1ccc2c(c1)N(CC1=CCCOC1)CC(C)O2. The molecule has 3 rings (SSSR count). The van der Waals surface area contributed by atoms with Crippen LogP contribution >= 0.6 is 0 Å². The van der Waals surface area contributed by atoms with Gasteiger partial charge in [-0.25, -0.2) is 0 Å². The van der Waals surface area contributed by atoms with Gasteiger partial charge >= 0.3 is 0 Å². The van der Waals surface area contributed by atoms with E-state index >= 15 is 0 Å². The zero-order valence-corrected chi connectivity index (χ0v) is 12.1. The first-order valence-electron chi connectivity index (χ1n) is 7.11. The van der Waals surface area contributed by atoms with Crippen LogP contribution in [0.25, 0.3) is 0 Å². The van der Waals surface area contributed by atoms with Crippen molar-refractivity contribution in [2.24, 2.45) is 0 Å². The Bertz CT molecular complexity index is 512. The molecule has 2 aliphatic heterocycles. The molecule has 1 unspecified atom stereocenters. The maximum atomic E-state index is 5.90. The Morgan fingerprint density at radius 2 is 2.30 bits per heavy atom. The first kappa shape index (κ1) is 13.3. The number of anilines is 1. The van der Waals surface area contributed by atoms with Crippen molar-refractivity contribution in [1.29, 1.82) is 0 Å². The Balaban J connectivity index is 1.85. The second-order valence-electron chi connectivity index (χ2n) is 5.35. The van der Waals surface area contributed by atoms with E-state index in [2.05, 4.69) is 17.9 Å². The number of rotatable bonds is 3. The molecule has 0 saturated carbocycles. The molecule has 0 amide bonds. The van der Waals surface area contributed by atoms with E-state index in [1.807, 2.05) is 18.2 Å². The third-order valence-electron chi connectivity index (χ3n) is 3.69. The summed E-state index contributed by atoms with van der Waals surface area (Å²) in [6, 6.07) is 5.98. The van der Waals surface area contributed by atoms with Crippen molar-refractivity contribution in [2.45, 2.75) is 19.4 Å². The summed E-state index contributed by atoms with van der Waals surface area (Å²) in [5, 5.41) is 0. The minimum atomic E-state index is 0.195. The van der Waals surface area contributed by atoms with Crippen molar-refractivity contribution in [3.05, 3.63) is 29.8 Å². The van der Waals surface area contributed by atoms with E-state index in [0.29, 0.717) is 0 Å². The minimum absolute atomic E-state index is 0.195. The highest BCUT2D eigenvalue weighted by Gasteiger charge is 2.24. The molecule has 0 spiro atoms. The van der Waals surface area contributed by atoms with Gasteiger partial charge in [0.1, 0.15) is 17.6 Å². The number of benzene rings is 1. The van der Waals surface area contributed by atoms with Crippen LogP contribution in [0.2, 0.25) is 0 Å². The average molecular weight is 275 g/mol. The Morgan fingerprint density at radius 3 is 3.05 bits per heavy atom. The highest BCUT2D eigenvalue weighted by Crippen LogP contribution is 2.36. The Hall–Kier alpha value is -1.68. The molecule has 1 aromatic rings. The van der Waals surface area contributed by atoms with Crippen LogP contribution in [0.1, 0.15) is 13.3 Å². The third-order valence-corrected chi connectivity index (χ3v) is 3.69. The van der Waals surface area contributed by atoms with Gasteiger partial charge in [0.25, 0.3) is 0 Å². The fourth-order valence-corrected chi connectivity index (χ4v) is 2.75. The van der Waals surface area contributed by atoms with Crippen LogP contribution < -0.4 is 14.4 Å². The van der Waals surface area contributed by atoms with Crippen LogP contribution in [0.4, 0.5) is 5.69 Å². The summed E-state index contributed by atoms with van der Waals surface area (Å²) in [7, 11) is 1.69. The van der Waals surface area contributed by atoms with Gasteiger partial charge in [0.2, 0.25) is 0 Å². The zero-order chi connectivity index (χ0) is 13.9. The molecule has 1 aromatic carbocycles. The molecule has 108 valence electrons. The topological polar surface area (TPSA) is 30.9 Å². The van der Waals surface area contributed by atoms with Crippen LogP contribution in [0.15, 0.2) is 29.8 Å². The summed E-state index contributed by atoms with van der Waals surface area (Å²) in [4.78, 5) is 2.35. The number of fused-ring (bicyclic) bond motifs is 1. The molecule has 0 saturated heterocycles. The quantitative estimate of drug-likeness (QED) is 0.794. The first-order chi connectivity index (χ1) is 9.76. The van der Waals surface area contributed by atoms with E-state index in [4.69, 9.17) is 14.2 Å². The molecule has 0 aromatic heterocycles. The molecule has 1 atom stereocenters. The summed E-state index contributed by atoms with van der Waals surface area (Å²) in [6.07, 6.45) is 3.50. The molecule has 4 nitrogen and oxygen atoms in total. The van der Waals surface area contributed by atoms with Gasteiger partial charge in [0.05, 0.1) is 32.6 Å². The van der Waals surface area contributed by atoms with Crippen molar-refractivity contribution < 1.29 is 14.2 Å². The average Bonchev–Trinajstić information content (AvgIpc) is 2.48. The zero-order valence-electron chi connectivity index (χ0n) is 12.1. The van der Waals surface area contributed by atoms with Gasteiger partial charge < -0.3 is 19.1 Å². The standard InChI is InChI=1S/C16H21NO3/c1-12-9-17(10-13-4-3-7-19-11-13)15-8-14(18-2)5-6-16(15)20-12/h4-6,8,12H,3,7,9-11H2,1-2H3. The largest absolute Gasteiger partial charge is 0.497 e. The van der Waals surface area contributed by atoms with E-state index in [-0.39, 0.29) is 6.10 Å². The van der Waals surface area contributed by atoms with Crippen molar-refractivity contribution >= 4 is 5.69 Å². The fraction of sp³-hybridized carbons (Fsp3) is 0.500. The predicted octanol–water partition coefficient (Wildman–Crippen LogP) is 2.63. The highest BCUT2D eigenvalue weighted by molar-refractivity contribution is 5.63. The second-order valence-corrected chi connectivity index (χ2v) is 5.35. The fourth-order valence-electron chi connectivity index (χ4n) is 2.75. The highest BCUT2D eigenvalue weighted by atomic mass is 16.5. The van der Waals surface area contributed by atoms with Gasteiger partial charge in [-0.1, -0.05) is 6.08 Å². The third kappa shape index (κ3) is 2.75. The van der Waals surface area contributed by atoms with Gasteiger partial charge in [-0.2, -0.15) is 0 Å². The molecule has 0 aliphatic carbocycles. The maximum Gasteiger partial charge on any atom is 0.143 e. The number of ether oxygens (including phenoxy) is 3. The lowest BCUT2D eigenvalue weighted by molar-refractivity contribution is 0.148. The Kier molecular flexibility index (Phi) is 3.83. The van der Waals surface area contributed by atoms with Crippen molar-refractivity contribution in [1.82, 2.24) is 0 Å². The number of hydrogen-bond acceptors (Lipinski definition) is 4. The smallest absolute Gasteiger partial charge is 0.143 e. The van der Waals surface area contributed by atoms with Crippen LogP contribution in [0.5, 0.6) is 11.5 Å². The van der Waals surface area contributed by atoms with Gasteiger partial charge in [0.15, 0.2) is 0 Å². The minimum Gasteiger partial charge on any atom is -0.497 e. The van der Waals surface area contributed by atoms with Crippen LogP contribution in [0, 0.1) is 0 Å². The summed E-state index contributed by atoms with van der Waals surface area (Å²) in [5.41, 5.74) is 2.45. The molecule has 0 N–H and O–H groups in total. The van der Waals surface area contributed by atoms with Gasteiger partial charge in [0, 0.05) is 12.6 Å². The molecule has 0 fully saturated rings. The molecular formula is C16H21NO3. The van der Waals surface area contributed by atoms with Gasteiger partial charge in [-0.05, 0) is 31.1 Å². The van der Waals surface area contributed by atoms with Gasteiger partial charge in [-0.3, -0.25) is 0 Å². The monoisotopic (exact) mass is 275 g/mol. The van der Waals surface area contributed by atoms with E-state index in [9.17, 15) is 0 Å². The van der Waals surface area contributed by atoms with Crippen LogP contribution in [-0.2, 0) is 4.74 Å². The van der Waals surface area contributed by atoms with E-state index in [0.717, 1.165) is 49.9 Å². The normalized spacial score (nSPS) is 21.8. The van der Waals surface area contributed by atoms with Crippen LogP contribution in [0.3, 0.4) is 0 Å². The predicted molar refractivity (Wildman–Crippen MR) is 78.8 cm³/mol. The maximum absolute atomic E-state index is 5.90. The van der Waals surface area contributed by atoms with E-state index in [1.54, 1.807) is 7.11 Å². The number of methoxy groups -OCH3 is 1. The van der Waals surface area contributed by atoms with Crippen molar-refractivity contribution in [3.63, 3.8) is 0 Å². The Morgan fingerprint density at radius 1 is 1.40 bits per heavy atom. The lowest BCUT2D eigenvalue weighted by atomic mass is 10.1. The molecule has 2 heterocycles. The molecule has 4 heteroatoms. The summed E-state index contributed by atoms with van der Waals surface area (Å²) >= 11 is 0. The molecule has 20 heavy (non-hydrogen) atoms. The van der Waals surface area contributed by atoms with Crippen molar-refractivity contribution in [3.8, 4) is 11.5 Å². The molecule has 2 aliphatic rings. The first-order valence-corrected chi connectivity index (χ1v) is 7.11. The summed E-state index contributed by atoms with van der Waals surface area (Å²) < 4.78 is 16.8. The summed E-state index contributed by atoms with van der Waals surface area (Å²) in [6.45, 7) is 5.47. The summed E-state index contributed by atoms with van der Waals surface area (Å²) in [5.74, 6) is 1.79. The number of nitrogens with zero attached hydrogens (tertiary/aromatic N) is 1. The Labute approximate surface area is 119 Å². The number of hydrogen-bond donors (Lipinski definition) is 0. The lowest BCUT2D eigenvalue weighted by Gasteiger charge is -2.36.